The van der Waals surface area contributed by atoms with Gasteiger partial charge in [0, 0.05) is 51.4 Å². The summed E-state index contributed by atoms with van der Waals surface area (Å²) in [6.45, 7) is 6.29. The lowest BCUT2D eigenvalue weighted by Crippen LogP contribution is -2.51. The molecule has 2 amide bonds. The van der Waals surface area contributed by atoms with Gasteiger partial charge in [-0.2, -0.15) is 0 Å². The maximum absolute atomic E-state index is 14.5. The number of aromatic nitrogens is 1. The molecule has 2 aliphatic rings. The van der Waals surface area contributed by atoms with Crippen LogP contribution in [0.25, 0.3) is 0 Å². The van der Waals surface area contributed by atoms with Crippen LogP contribution in [0.3, 0.4) is 0 Å². The number of piperidine rings is 1. The topological polar surface area (TPSA) is 98.2 Å². The van der Waals surface area contributed by atoms with Crippen LogP contribution in [0.2, 0.25) is 10.0 Å². The molecule has 0 spiro atoms. The van der Waals surface area contributed by atoms with E-state index in [1.165, 1.54) is 11.7 Å². The van der Waals surface area contributed by atoms with Gasteiger partial charge in [0.15, 0.2) is 0 Å². The number of benzene rings is 1. The molecule has 2 aromatic rings. The van der Waals surface area contributed by atoms with Gasteiger partial charge in [0.25, 0.3) is 5.56 Å². The largest absolute Gasteiger partial charge is 0.469 e. The van der Waals surface area contributed by atoms with Gasteiger partial charge in [-0.3, -0.25) is 14.4 Å². The summed E-state index contributed by atoms with van der Waals surface area (Å²) in [6, 6.07) is 7.25. The molecule has 0 unspecified atom stereocenters. The van der Waals surface area contributed by atoms with E-state index in [1.807, 2.05) is 37.8 Å². The van der Waals surface area contributed by atoms with Crippen LogP contribution in [0, 0.1) is 5.92 Å². The molecule has 2 atom stereocenters. The quantitative estimate of drug-likeness (QED) is 0.328. The Balaban J connectivity index is 1.62. The average Bonchev–Trinajstić information content (AvgIpc) is 3.79. The molecular weight excluding hydrogens is 593 g/mol. The van der Waals surface area contributed by atoms with Crippen LogP contribution in [0.1, 0.15) is 75.5 Å². The number of hydrogen-bond donors (Lipinski definition) is 0. The predicted molar refractivity (Wildman–Crippen MR) is 165 cm³/mol. The third-order valence-corrected chi connectivity index (χ3v) is 8.83. The van der Waals surface area contributed by atoms with E-state index in [0.29, 0.717) is 42.3 Å². The third-order valence-electron chi connectivity index (χ3n) is 7.99. The Bertz CT molecular complexity index is 1410. The summed E-state index contributed by atoms with van der Waals surface area (Å²) < 4.78 is 11.9. The van der Waals surface area contributed by atoms with Gasteiger partial charge in [0.1, 0.15) is 5.60 Å². The Kier molecular flexibility index (Phi) is 10.5. The Labute approximate surface area is 263 Å². The molecule has 1 aliphatic heterocycles. The van der Waals surface area contributed by atoms with Crippen LogP contribution >= 0.6 is 23.2 Å². The standard InChI is InChI=1S/C32H41Cl2N3O6/c1-32(2,3)43-31(41)36-14-12-24(21-11-13-35(4)27(38)17-21)25(19-36)30(40)37(23-9-10-23)18-22-15-20(16-26(33)29(22)34)7-6-8-28(39)42-5/h11,13,15-17,23-25H,6-10,12,14,18-19H2,1-5H3/t24-,25+/m0/s1. The van der Waals surface area contributed by atoms with Crippen LogP contribution < -0.4 is 5.56 Å². The van der Waals surface area contributed by atoms with Gasteiger partial charge in [0.2, 0.25) is 5.91 Å². The first-order chi connectivity index (χ1) is 20.3. The maximum Gasteiger partial charge on any atom is 0.410 e. The minimum atomic E-state index is -0.670. The monoisotopic (exact) mass is 633 g/mol. The number of aryl methyl sites for hydroxylation is 2. The molecule has 0 bridgehead atoms. The molecule has 2 fully saturated rings. The highest BCUT2D eigenvalue weighted by Gasteiger charge is 2.43. The molecule has 1 saturated carbocycles. The summed E-state index contributed by atoms with van der Waals surface area (Å²) >= 11 is 13.2. The number of ether oxygens (including phenoxy) is 2. The number of esters is 1. The Morgan fingerprint density at radius 3 is 2.44 bits per heavy atom. The lowest BCUT2D eigenvalue weighted by Gasteiger charge is -2.40. The van der Waals surface area contributed by atoms with Crippen molar-refractivity contribution >= 4 is 41.2 Å². The number of amides is 2. The Morgan fingerprint density at radius 1 is 1.09 bits per heavy atom. The number of pyridine rings is 1. The smallest absolute Gasteiger partial charge is 0.410 e. The van der Waals surface area contributed by atoms with E-state index in [1.54, 1.807) is 30.3 Å². The number of likely N-dealkylation sites (tertiary alicyclic amines) is 1. The fourth-order valence-electron chi connectivity index (χ4n) is 5.56. The summed E-state index contributed by atoms with van der Waals surface area (Å²) in [5.41, 5.74) is 1.62. The first-order valence-electron chi connectivity index (χ1n) is 14.8. The third kappa shape index (κ3) is 8.54. The number of rotatable bonds is 9. The Hall–Kier alpha value is -3.04. The highest BCUT2D eigenvalue weighted by molar-refractivity contribution is 6.42. The molecule has 0 N–H and O–H groups in total. The first kappa shape index (κ1) is 32.9. The number of carbonyl (C=O) groups is 3. The maximum atomic E-state index is 14.5. The van der Waals surface area contributed by atoms with Crippen LogP contribution in [-0.4, -0.2) is 64.2 Å². The van der Waals surface area contributed by atoms with Gasteiger partial charge < -0.3 is 23.8 Å². The lowest BCUT2D eigenvalue weighted by molar-refractivity contribution is -0.141. The predicted octanol–water partition coefficient (Wildman–Crippen LogP) is 5.72. The molecule has 1 aliphatic carbocycles. The zero-order valence-electron chi connectivity index (χ0n) is 25.5. The molecule has 11 heteroatoms. The number of hydrogen-bond acceptors (Lipinski definition) is 6. The Morgan fingerprint density at radius 2 is 1.81 bits per heavy atom. The van der Waals surface area contributed by atoms with Crippen molar-refractivity contribution in [3.8, 4) is 0 Å². The van der Waals surface area contributed by atoms with Crippen LogP contribution in [-0.2, 0) is 39.1 Å². The summed E-state index contributed by atoms with van der Waals surface area (Å²) in [5, 5.41) is 0.779. The van der Waals surface area contributed by atoms with E-state index in [-0.39, 0.29) is 42.5 Å². The van der Waals surface area contributed by atoms with E-state index in [0.717, 1.165) is 29.5 Å². The van der Waals surface area contributed by atoms with Gasteiger partial charge in [0.05, 0.1) is 23.1 Å². The fraction of sp³-hybridized carbons (Fsp3) is 0.562. The van der Waals surface area contributed by atoms with Gasteiger partial charge >= 0.3 is 12.1 Å². The lowest BCUT2D eigenvalue weighted by atomic mass is 9.79. The molecule has 4 rings (SSSR count). The fourth-order valence-corrected chi connectivity index (χ4v) is 5.99. The minimum absolute atomic E-state index is 0.0477. The number of carbonyl (C=O) groups excluding carboxylic acids is 3. The molecule has 2 heterocycles. The van der Waals surface area contributed by atoms with Crippen molar-refractivity contribution < 1.29 is 23.9 Å². The zero-order chi connectivity index (χ0) is 31.5. The van der Waals surface area contributed by atoms with E-state index in [4.69, 9.17) is 32.7 Å². The molecule has 234 valence electrons. The van der Waals surface area contributed by atoms with Crippen molar-refractivity contribution in [3.63, 3.8) is 0 Å². The molecule has 1 aromatic carbocycles. The second-order valence-electron chi connectivity index (χ2n) is 12.5. The van der Waals surface area contributed by atoms with Crippen molar-refractivity contribution in [2.75, 3.05) is 20.2 Å². The minimum Gasteiger partial charge on any atom is -0.469 e. The molecule has 43 heavy (non-hydrogen) atoms. The van der Waals surface area contributed by atoms with Crippen molar-refractivity contribution in [1.29, 1.82) is 0 Å². The molecule has 1 saturated heterocycles. The first-order valence-corrected chi connectivity index (χ1v) is 15.5. The summed E-state index contributed by atoms with van der Waals surface area (Å²) in [7, 11) is 3.05. The average molecular weight is 635 g/mol. The van der Waals surface area contributed by atoms with Crippen LogP contribution in [0.4, 0.5) is 4.79 Å². The number of nitrogens with zero attached hydrogens (tertiary/aromatic N) is 3. The van der Waals surface area contributed by atoms with Gasteiger partial charge in [-0.05, 0) is 87.6 Å². The van der Waals surface area contributed by atoms with E-state index < -0.39 is 17.6 Å². The normalized spacial score (nSPS) is 18.7. The second kappa shape index (κ2) is 13.7. The highest BCUT2D eigenvalue weighted by atomic mass is 35.5. The van der Waals surface area contributed by atoms with Gasteiger partial charge in [-0.15, -0.1) is 0 Å². The number of methoxy groups -OCH3 is 1. The van der Waals surface area contributed by atoms with E-state index in [2.05, 4.69) is 0 Å². The molecule has 0 radical (unpaired) electrons. The highest BCUT2D eigenvalue weighted by Crippen LogP contribution is 2.39. The zero-order valence-corrected chi connectivity index (χ0v) is 27.0. The van der Waals surface area contributed by atoms with E-state index >= 15 is 0 Å². The molecule has 1 aromatic heterocycles. The molecule has 9 nitrogen and oxygen atoms in total. The van der Waals surface area contributed by atoms with Crippen molar-refractivity contribution in [2.24, 2.45) is 13.0 Å². The van der Waals surface area contributed by atoms with Crippen LogP contribution in [0.5, 0.6) is 0 Å². The SMILES string of the molecule is COC(=O)CCCc1cc(Cl)c(Cl)c(CN(C(=O)[C@@H]2CN(C(=O)OC(C)(C)C)CC[C@H]2c2ccn(C)c(=O)c2)C2CC2)c1. The second-order valence-corrected chi connectivity index (χ2v) is 13.3. The molecular formula is C32H41Cl2N3O6. The van der Waals surface area contributed by atoms with Crippen molar-refractivity contribution in [3.05, 3.63) is 67.6 Å². The number of halogens is 2. The van der Waals surface area contributed by atoms with Crippen molar-refractivity contribution in [1.82, 2.24) is 14.4 Å². The van der Waals surface area contributed by atoms with Crippen molar-refractivity contribution in [2.45, 2.75) is 83.4 Å². The van der Waals surface area contributed by atoms with Gasteiger partial charge in [-0.25, -0.2) is 4.79 Å². The summed E-state index contributed by atoms with van der Waals surface area (Å²) in [4.78, 5) is 55.1. The van der Waals surface area contributed by atoms with Crippen LogP contribution in [0.15, 0.2) is 35.3 Å². The summed E-state index contributed by atoms with van der Waals surface area (Å²) in [6.07, 6.45) is 5.00. The van der Waals surface area contributed by atoms with Gasteiger partial charge in [-0.1, -0.05) is 29.3 Å². The van der Waals surface area contributed by atoms with E-state index in [9.17, 15) is 19.2 Å². The summed E-state index contributed by atoms with van der Waals surface area (Å²) in [5.74, 6) is -1.19.